The molecule has 0 radical (unpaired) electrons. The summed E-state index contributed by atoms with van der Waals surface area (Å²) >= 11 is 0. The number of allylic oxidation sites excluding steroid dienone is 1. The maximum atomic E-state index is 13.1. The van der Waals surface area contributed by atoms with Crippen LogP contribution in [0.1, 0.15) is 52.0 Å². The van der Waals surface area contributed by atoms with Gasteiger partial charge in [-0.05, 0) is 49.3 Å². The summed E-state index contributed by atoms with van der Waals surface area (Å²) in [4.78, 5) is 38.1. The quantitative estimate of drug-likeness (QED) is 0.583. The van der Waals surface area contributed by atoms with E-state index in [9.17, 15) is 14.4 Å². The summed E-state index contributed by atoms with van der Waals surface area (Å²) in [6.07, 6.45) is 6.10. The SMILES string of the molecule is COC(=O)[C@@H]1C/C=C\CCOc2ccc(cc2)C[C@H](C)C(=O)N[C@@H](CC(C)C)C(=O)C1. The molecule has 1 amide bonds. The second-order valence-corrected chi connectivity index (χ2v) is 8.67. The number of methoxy groups -OCH3 is 1. The lowest BCUT2D eigenvalue weighted by molar-refractivity contribution is -0.147. The van der Waals surface area contributed by atoms with Gasteiger partial charge in [0, 0.05) is 12.3 Å². The lowest BCUT2D eigenvalue weighted by Crippen LogP contribution is -2.45. The van der Waals surface area contributed by atoms with Crippen LogP contribution >= 0.6 is 0 Å². The molecule has 0 aliphatic carbocycles. The van der Waals surface area contributed by atoms with Gasteiger partial charge in [-0.3, -0.25) is 14.4 Å². The number of benzene rings is 1. The van der Waals surface area contributed by atoms with Gasteiger partial charge in [-0.1, -0.05) is 45.1 Å². The number of carbonyl (C=O) groups excluding carboxylic acids is 3. The van der Waals surface area contributed by atoms with Crippen molar-refractivity contribution in [3.63, 3.8) is 0 Å². The highest BCUT2D eigenvalue weighted by Crippen LogP contribution is 2.19. The molecule has 6 nitrogen and oxygen atoms in total. The van der Waals surface area contributed by atoms with Crippen molar-refractivity contribution in [1.82, 2.24) is 5.32 Å². The van der Waals surface area contributed by atoms with Gasteiger partial charge in [-0.15, -0.1) is 0 Å². The Labute approximate surface area is 185 Å². The van der Waals surface area contributed by atoms with Crippen molar-refractivity contribution < 1.29 is 23.9 Å². The first-order valence-corrected chi connectivity index (χ1v) is 11.1. The lowest BCUT2D eigenvalue weighted by Gasteiger charge is -2.23. The Bertz CT molecular complexity index is 769. The van der Waals surface area contributed by atoms with E-state index in [-0.39, 0.29) is 29.9 Å². The molecule has 31 heavy (non-hydrogen) atoms. The van der Waals surface area contributed by atoms with Gasteiger partial charge >= 0.3 is 5.97 Å². The third-order valence-electron chi connectivity index (χ3n) is 5.45. The van der Waals surface area contributed by atoms with E-state index >= 15 is 0 Å². The molecular formula is C25H35NO5. The molecule has 0 unspecified atom stereocenters. The van der Waals surface area contributed by atoms with E-state index in [0.717, 1.165) is 11.3 Å². The molecule has 3 rings (SSSR count). The number of hydrogen-bond donors (Lipinski definition) is 1. The summed E-state index contributed by atoms with van der Waals surface area (Å²) in [5.74, 6) is -0.540. The van der Waals surface area contributed by atoms with Crippen LogP contribution in [0.5, 0.6) is 5.75 Å². The molecule has 6 heteroatoms. The molecule has 1 aromatic rings. The second kappa shape index (κ2) is 12.3. The number of amides is 1. The van der Waals surface area contributed by atoms with E-state index in [4.69, 9.17) is 9.47 Å². The number of carbonyl (C=O) groups is 3. The molecule has 0 fully saturated rings. The van der Waals surface area contributed by atoms with E-state index in [0.29, 0.717) is 32.3 Å². The standard InChI is InChI=1S/C25H35NO5/c1-17(2)14-22-23(27)16-20(25(29)30-4)8-6-5-7-13-31-21-11-9-19(10-12-21)15-18(3)24(28)26-22/h5-6,9-12,17-18,20,22H,7-8,13-16H2,1-4H3,(H,26,28)/b6-5-/t18-,20+,22-/m0/s1. The van der Waals surface area contributed by atoms with Gasteiger partial charge in [0.25, 0.3) is 0 Å². The summed E-state index contributed by atoms with van der Waals surface area (Å²) in [5.41, 5.74) is 1.04. The van der Waals surface area contributed by atoms with Crippen LogP contribution in [0.25, 0.3) is 0 Å². The zero-order valence-electron chi connectivity index (χ0n) is 19.1. The minimum absolute atomic E-state index is 0.0420. The summed E-state index contributed by atoms with van der Waals surface area (Å²) < 4.78 is 10.6. The van der Waals surface area contributed by atoms with Crippen molar-refractivity contribution in [2.75, 3.05) is 13.7 Å². The number of ketones is 1. The molecule has 3 atom stereocenters. The van der Waals surface area contributed by atoms with Gasteiger partial charge in [-0.25, -0.2) is 0 Å². The Morgan fingerprint density at radius 2 is 1.87 bits per heavy atom. The van der Waals surface area contributed by atoms with E-state index in [1.165, 1.54) is 7.11 Å². The molecule has 0 saturated heterocycles. The van der Waals surface area contributed by atoms with Crippen molar-refractivity contribution in [1.29, 1.82) is 0 Å². The number of hydrogen-bond acceptors (Lipinski definition) is 5. The van der Waals surface area contributed by atoms with E-state index in [1.54, 1.807) is 0 Å². The van der Waals surface area contributed by atoms with Crippen LogP contribution in [0.15, 0.2) is 36.4 Å². The van der Waals surface area contributed by atoms with Gasteiger partial charge in [0.05, 0.1) is 25.7 Å². The fourth-order valence-electron chi connectivity index (χ4n) is 3.66. The van der Waals surface area contributed by atoms with Crippen LogP contribution in [0.3, 0.4) is 0 Å². The molecular weight excluding hydrogens is 394 g/mol. The van der Waals surface area contributed by atoms with Crippen LogP contribution in [-0.2, 0) is 25.5 Å². The van der Waals surface area contributed by atoms with Crippen LogP contribution in [0.4, 0.5) is 0 Å². The minimum Gasteiger partial charge on any atom is -0.493 e. The van der Waals surface area contributed by atoms with Crippen molar-refractivity contribution in [2.45, 2.75) is 58.9 Å². The van der Waals surface area contributed by atoms with Crippen molar-refractivity contribution in [3.05, 3.63) is 42.0 Å². The average Bonchev–Trinajstić information content (AvgIpc) is 2.74. The molecule has 170 valence electrons. The Morgan fingerprint density at radius 1 is 1.16 bits per heavy atom. The zero-order valence-corrected chi connectivity index (χ0v) is 19.1. The van der Waals surface area contributed by atoms with Gasteiger partial charge in [-0.2, -0.15) is 0 Å². The van der Waals surface area contributed by atoms with E-state index < -0.39 is 17.9 Å². The first kappa shape index (κ1) is 24.6. The first-order valence-electron chi connectivity index (χ1n) is 11.1. The maximum Gasteiger partial charge on any atom is 0.309 e. The maximum absolute atomic E-state index is 13.1. The van der Waals surface area contributed by atoms with Gasteiger partial charge < -0.3 is 14.8 Å². The predicted octanol–water partition coefficient (Wildman–Crippen LogP) is 3.87. The third-order valence-corrected chi connectivity index (χ3v) is 5.45. The summed E-state index contributed by atoms with van der Waals surface area (Å²) in [6.45, 7) is 6.40. The fraction of sp³-hybridized carbons (Fsp3) is 0.560. The molecule has 2 aliphatic rings. The van der Waals surface area contributed by atoms with Gasteiger partial charge in [0.15, 0.2) is 5.78 Å². The molecule has 2 aliphatic heterocycles. The highest BCUT2D eigenvalue weighted by Gasteiger charge is 2.29. The van der Waals surface area contributed by atoms with Crippen molar-refractivity contribution in [3.8, 4) is 5.75 Å². The Balaban J connectivity index is 2.25. The van der Waals surface area contributed by atoms with Gasteiger partial charge in [0.2, 0.25) is 5.91 Å². The number of esters is 1. The van der Waals surface area contributed by atoms with Crippen LogP contribution in [-0.4, -0.2) is 37.4 Å². The average molecular weight is 430 g/mol. The Kier molecular flexibility index (Phi) is 9.76. The van der Waals surface area contributed by atoms with E-state index in [2.05, 4.69) is 5.32 Å². The molecule has 0 aromatic heterocycles. The topological polar surface area (TPSA) is 81.7 Å². The van der Waals surface area contributed by atoms with Crippen LogP contribution < -0.4 is 10.1 Å². The highest BCUT2D eigenvalue weighted by atomic mass is 16.5. The molecule has 0 spiro atoms. The highest BCUT2D eigenvalue weighted by molar-refractivity contribution is 5.92. The predicted molar refractivity (Wildman–Crippen MR) is 120 cm³/mol. The third kappa shape index (κ3) is 8.19. The molecule has 0 saturated carbocycles. The molecule has 2 bridgehead atoms. The smallest absolute Gasteiger partial charge is 0.309 e. The normalized spacial score (nSPS) is 24.6. The number of fused-ring (bicyclic) bond motifs is 14. The van der Waals surface area contributed by atoms with Crippen molar-refractivity contribution in [2.24, 2.45) is 17.8 Å². The Morgan fingerprint density at radius 3 is 2.52 bits per heavy atom. The Hall–Kier alpha value is -2.63. The minimum atomic E-state index is -0.610. The zero-order chi connectivity index (χ0) is 22.8. The molecule has 1 N–H and O–H groups in total. The molecule has 1 aromatic carbocycles. The lowest BCUT2D eigenvalue weighted by atomic mass is 9.91. The largest absolute Gasteiger partial charge is 0.493 e. The summed E-state index contributed by atoms with van der Waals surface area (Å²) in [5, 5.41) is 2.94. The van der Waals surface area contributed by atoms with E-state index in [1.807, 2.05) is 57.2 Å². The fourth-order valence-corrected chi connectivity index (χ4v) is 3.66. The monoisotopic (exact) mass is 429 g/mol. The van der Waals surface area contributed by atoms with Crippen LogP contribution in [0, 0.1) is 17.8 Å². The number of Topliss-reactive ketones (excluding diaryl/α,β-unsaturated/α-hetero) is 1. The summed E-state index contributed by atoms with van der Waals surface area (Å²) in [6, 6.07) is 7.14. The number of nitrogens with one attached hydrogen (secondary N) is 1. The first-order chi connectivity index (χ1) is 14.8. The van der Waals surface area contributed by atoms with Crippen molar-refractivity contribution >= 4 is 17.7 Å². The summed E-state index contributed by atoms with van der Waals surface area (Å²) in [7, 11) is 1.33. The van der Waals surface area contributed by atoms with Gasteiger partial charge in [0.1, 0.15) is 5.75 Å². The number of ether oxygens (including phenoxy) is 2. The molecule has 2 heterocycles. The second-order valence-electron chi connectivity index (χ2n) is 8.67. The van der Waals surface area contributed by atoms with Crippen LogP contribution in [0.2, 0.25) is 0 Å². The number of rotatable bonds is 3.